The number of nitrogens with zero attached hydrogens (tertiary/aromatic N) is 4. The molecule has 3 aromatic carbocycles. The highest BCUT2D eigenvalue weighted by Gasteiger charge is 2.45. The minimum Gasteiger partial charge on any atom is -0.394 e. The van der Waals surface area contributed by atoms with E-state index in [1.165, 1.54) is 15.8 Å². The number of hydrogen-bond donors (Lipinski definition) is 16. The number of benzene rings is 3. The average molecular weight is 1450 g/mol. The fourth-order valence-electron chi connectivity index (χ4n) is 12.3. The SMILES string of the molecule is CC(C)C[C@@H]1NC(=O)[C@H](CCCN)NC(=O)[C@H](C(C)C)NC(=O)[C@H](Cc2cn(CCO[C@@H]3O[C@H](CO)[C@H](O)[C@H](O)[C@H]3O)nn2)NC(=O)[C@H](CCC(N)=O)NC(=O)[C@H](CC(N)=O)NC(=O)[C@@H](Cc2ccccc2)NC(=O)[C@H](Cc2ccccc2)NC(=O)[C@@H]2CCCN2C(=O)[C@@H](Cc2ccccc2)NC1=O. The van der Waals surface area contributed by atoms with Crippen molar-refractivity contribution in [3.63, 3.8) is 0 Å². The van der Waals surface area contributed by atoms with Crippen LogP contribution in [0.2, 0.25) is 0 Å². The number of hydrogen-bond acceptors (Lipinski definition) is 21. The number of rotatable bonds is 24. The van der Waals surface area contributed by atoms with Crippen molar-refractivity contribution in [2.45, 2.75) is 202 Å². The molecule has 1 aromatic heterocycles. The van der Waals surface area contributed by atoms with Gasteiger partial charge in [0.25, 0.3) is 0 Å². The lowest BCUT2D eigenvalue weighted by atomic mass is 9.99. The minimum absolute atomic E-state index is 0.00313. The van der Waals surface area contributed by atoms with Gasteiger partial charge >= 0.3 is 0 Å². The molecule has 19 N–H and O–H groups in total. The van der Waals surface area contributed by atoms with Crippen LogP contribution in [-0.2, 0) is 99.2 Å². The fraction of sp³-hybridized carbons (Fsp3) is 0.543. The van der Waals surface area contributed by atoms with Crippen LogP contribution < -0.4 is 65.1 Å². The Labute approximate surface area is 601 Å². The normalized spacial score (nSPS) is 27.1. The molecule has 34 nitrogen and oxygen atoms in total. The summed E-state index contributed by atoms with van der Waals surface area (Å²) in [6.45, 7) is 5.72. The van der Waals surface area contributed by atoms with E-state index in [4.69, 9.17) is 26.7 Å². The highest BCUT2D eigenvalue weighted by Crippen LogP contribution is 2.24. The van der Waals surface area contributed by atoms with Crippen LogP contribution in [-0.4, -0.2) is 229 Å². The smallest absolute Gasteiger partial charge is 0.246 e. The highest BCUT2D eigenvalue weighted by atomic mass is 16.7. The summed E-state index contributed by atoms with van der Waals surface area (Å²) in [5, 5.41) is 73.0. The minimum atomic E-state index is -1.92. The number of carbonyl (C=O) groups is 12. The maximum absolute atomic E-state index is 15.2. The second-order valence-corrected chi connectivity index (χ2v) is 27.0. The zero-order chi connectivity index (χ0) is 75.7. The summed E-state index contributed by atoms with van der Waals surface area (Å²) in [5.41, 5.74) is 18.9. The monoisotopic (exact) mass is 1450 g/mol. The molecular weight excluding hydrogens is 1350 g/mol. The Morgan fingerprint density at radius 1 is 0.567 bits per heavy atom. The molecule has 34 heteroatoms. The van der Waals surface area contributed by atoms with Crippen LogP contribution in [0.15, 0.2) is 97.2 Å². The first-order valence-corrected chi connectivity index (χ1v) is 34.9. The van der Waals surface area contributed by atoms with Gasteiger partial charge in [0.05, 0.1) is 31.9 Å². The van der Waals surface area contributed by atoms with Crippen molar-refractivity contribution in [1.29, 1.82) is 0 Å². The lowest BCUT2D eigenvalue weighted by Gasteiger charge is -2.39. The first-order chi connectivity index (χ1) is 49.6. The summed E-state index contributed by atoms with van der Waals surface area (Å²) in [6.07, 6.45) is -9.04. The van der Waals surface area contributed by atoms with Crippen LogP contribution >= 0.6 is 0 Å². The van der Waals surface area contributed by atoms with Gasteiger partial charge in [0, 0.05) is 44.8 Å². The van der Waals surface area contributed by atoms with Crippen LogP contribution in [0.5, 0.6) is 0 Å². The second kappa shape index (κ2) is 39.7. The quantitative estimate of drug-likeness (QED) is 0.0313. The van der Waals surface area contributed by atoms with Crippen molar-refractivity contribution in [1.82, 2.24) is 67.7 Å². The number of amides is 12. The van der Waals surface area contributed by atoms with Gasteiger partial charge in [0.2, 0.25) is 70.9 Å². The molecule has 3 aliphatic heterocycles. The molecule has 0 bridgehead atoms. The third-order valence-corrected chi connectivity index (χ3v) is 17.9. The Morgan fingerprint density at radius 3 is 1.58 bits per heavy atom. The number of nitrogens with one attached hydrogen (secondary N) is 9. The molecule has 12 amide bonds. The molecule has 3 saturated heterocycles. The summed E-state index contributed by atoms with van der Waals surface area (Å²) in [7, 11) is 0. The van der Waals surface area contributed by atoms with E-state index in [1.54, 1.807) is 119 Å². The Kier molecular flexibility index (Phi) is 31.1. The second-order valence-electron chi connectivity index (χ2n) is 27.0. The molecule has 3 aliphatic rings. The van der Waals surface area contributed by atoms with Crippen molar-refractivity contribution in [2.75, 3.05) is 26.3 Å². The third kappa shape index (κ3) is 24.1. The molecule has 0 unspecified atom stereocenters. The zero-order valence-electron chi connectivity index (χ0n) is 58.6. The molecule has 0 saturated carbocycles. The lowest BCUT2D eigenvalue weighted by Crippen LogP contribution is -2.62. The van der Waals surface area contributed by atoms with Gasteiger partial charge in [-0.15, -0.1) is 5.10 Å². The predicted molar refractivity (Wildman–Crippen MR) is 371 cm³/mol. The summed E-state index contributed by atoms with van der Waals surface area (Å²) in [6, 6.07) is 10.3. The number of aromatic nitrogens is 3. The largest absolute Gasteiger partial charge is 0.394 e. The fourth-order valence-corrected chi connectivity index (χ4v) is 12.3. The van der Waals surface area contributed by atoms with E-state index in [1.807, 2.05) is 0 Å². The molecule has 0 spiro atoms. The van der Waals surface area contributed by atoms with E-state index in [-0.39, 0.29) is 82.8 Å². The molecule has 7 rings (SSSR count). The number of fused-ring (bicyclic) bond motifs is 1. The van der Waals surface area contributed by atoms with Crippen molar-refractivity contribution in [3.8, 4) is 0 Å². The van der Waals surface area contributed by atoms with Crippen LogP contribution in [0.25, 0.3) is 0 Å². The lowest BCUT2D eigenvalue weighted by molar-refractivity contribution is -0.301. The number of carbonyl (C=O) groups excluding carboxylic acids is 12. The van der Waals surface area contributed by atoms with Gasteiger partial charge in [-0.2, -0.15) is 0 Å². The van der Waals surface area contributed by atoms with Crippen molar-refractivity contribution in [2.24, 2.45) is 29.0 Å². The maximum atomic E-state index is 15.2. The molecule has 0 radical (unpaired) electrons. The molecule has 4 aromatic rings. The van der Waals surface area contributed by atoms with E-state index in [0.29, 0.717) is 23.1 Å². The van der Waals surface area contributed by atoms with Crippen LogP contribution in [0, 0.1) is 11.8 Å². The van der Waals surface area contributed by atoms with E-state index >= 15 is 9.59 Å². The molecule has 566 valence electrons. The Balaban J connectivity index is 1.29. The number of aliphatic hydroxyl groups is 4. The molecule has 15 atom stereocenters. The van der Waals surface area contributed by atoms with Gasteiger partial charge < -0.3 is 99.9 Å². The summed E-state index contributed by atoms with van der Waals surface area (Å²) in [5.74, 6) is -12.4. The first kappa shape index (κ1) is 81.5. The molecule has 0 aliphatic carbocycles. The standard InChI is InChI=1S/C70H98N16O18/c1-38(2)30-46-62(95)81-51(33-42-20-12-7-13-21-42)69(102)86-27-15-23-52(86)67(100)80-48(32-41-18-10-6-11-19-41)64(97)77-47(31-40-16-8-5-9-17-40)63(96)79-50(35-55(73)89)65(98)74-45(24-25-54(72)88)61(94)78-49(66(99)82-56(39(3)4)68(101)75-44(22-14-26-71)60(93)76-46)34-43-36-85(84-83-43)28-29-103-70-59(92)58(91)57(90)53(37-87)104-70/h5-13,16-21,36,38-39,44-53,56-59,70,87,90-92H,14-15,22-35,37,71H2,1-4H3,(H2,72,88)(H2,73,89)(H,74,98)(H,75,101)(H,76,93)(H,77,97)(H,78,94)(H,79,96)(H,80,100)(H,81,95)(H,82,99)/t44-,45-,46-,47+,48-,49-,50-,51+,52-,53+,56-,57-,58-,59+,70+/m0/s1. The predicted octanol–water partition coefficient (Wildman–Crippen LogP) is -4.69. The van der Waals surface area contributed by atoms with E-state index in [2.05, 4.69) is 58.2 Å². The number of ether oxygens (including phenoxy) is 2. The number of nitrogens with two attached hydrogens (primary N) is 3. The van der Waals surface area contributed by atoms with Gasteiger partial charge in [-0.1, -0.05) is 124 Å². The average Bonchev–Trinajstić information content (AvgIpc) is 1.73. The number of aliphatic hydroxyl groups excluding tert-OH is 4. The Morgan fingerprint density at radius 2 is 1.04 bits per heavy atom. The van der Waals surface area contributed by atoms with Gasteiger partial charge in [0.1, 0.15) is 84.8 Å². The molecule has 104 heavy (non-hydrogen) atoms. The first-order valence-electron chi connectivity index (χ1n) is 34.9. The van der Waals surface area contributed by atoms with Crippen molar-refractivity contribution < 1.29 is 87.4 Å². The van der Waals surface area contributed by atoms with Crippen molar-refractivity contribution in [3.05, 3.63) is 120 Å². The van der Waals surface area contributed by atoms with Gasteiger partial charge in [-0.05, 0) is 73.6 Å². The van der Waals surface area contributed by atoms with E-state index < -0.39 is 200 Å². The van der Waals surface area contributed by atoms with E-state index in [0.717, 1.165) is 0 Å². The van der Waals surface area contributed by atoms with Gasteiger partial charge in [-0.3, -0.25) is 57.5 Å². The molecule has 4 heterocycles. The highest BCUT2D eigenvalue weighted by molar-refractivity contribution is 6.01. The van der Waals surface area contributed by atoms with Crippen LogP contribution in [0.1, 0.15) is 101 Å². The van der Waals surface area contributed by atoms with Crippen molar-refractivity contribution >= 4 is 70.9 Å². The third-order valence-electron chi connectivity index (χ3n) is 17.9. The van der Waals surface area contributed by atoms with Crippen LogP contribution in [0.4, 0.5) is 0 Å². The van der Waals surface area contributed by atoms with Gasteiger partial charge in [0.15, 0.2) is 6.29 Å². The summed E-state index contributed by atoms with van der Waals surface area (Å²) < 4.78 is 12.3. The Hall–Kier alpha value is -9.84. The summed E-state index contributed by atoms with van der Waals surface area (Å²) in [4.78, 5) is 176. The number of primary amides is 2. The summed E-state index contributed by atoms with van der Waals surface area (Å²) >= 11 is 0. The van der Waals surface area contributed by atoms with E-state index in [9.17, 15) is 68.4 Å². The van der Waals surface area contributed by atoms with Gasteiger partial charge in [-0.25, -0.2) is 4.68 Å². The Bertz CT molecular complexity index is 3570. The topological polar surface area (TPSA) is 524 Å². The molecule has 3 fully saturated rings. The zero-order valence-corrected chi connectivity index (χ0v) is 58.6. The molecular formula is C70H98N16O18. The van der Waals surface area contributed by atoms with Crippen LogP contribution in [0.3, 0.4) is 0 Å². The maximum Gasteiger partial charge on any atom is 0.246 e.